The minimum absolute atomic E-state index is 0.119. The fourth-order valence-electron chi connectivity index (χ4n) is 5.04. The molecule has 2 aliphatic heterocycles. The van der Waals surface area contributed by atoms with Gasteiger partial charge < -0.3 is 79.5 Å². The van der Waals surface area contributed by atoms with Crippen molar-refractivity contribution in [1.29, 1.82) is 0 Å². The van der Waals surface area contributed by atoms with E-state index in [-0.39, 0.29) is 17.6 Å². The smallest absolute Gasteiger partial charge is 0.239 e. The first-order valence-electron chi connectivity index (χ1n) is 13.2. The summed E-state index contributed by atoms with van der Waals surface area (Å²) in [5.41, 5.74) is -1.73. The quantitative estimate of drug-likeness (QED) is 0.127. The van der Waals surface area contributed by atoms with Gasteiger partial charge in [0.15, 0.2) is 29.3 Å². The van der Waals surface area contributed by atoms with E-state index in [1.165, 1.54) is 0 Å². The summed E-state index contributed by atoms with van der Waals surface area (Å²) in [7, 11) is 0. The zero-order valence-electron chi connectivity index (χ0n) is 22.5. The average molecular weight is 627 g/mol. The van der Waals surface area contributed by atoms with Crippen LogP contribution in [-0.4, -0.2) is 125 Å². The van der Waals surface area contributed by atoms with Crippen LogP contribution in [0.25, 0.3) is 22.3 Å². The van der Waals surface area contributed by atoms with Gasteiger partial charge in [-0.2, -0.15) is 0 Å². The van der Waals surface area contributed by atoms with E-state index in [0.29, 0.717) is 0 Å². The number of fused-ring (bicyclic) bond motifs is 1. The molecule has 2 saturated heterocycles. The zero-order chi connectivity index (χ0) is 32.0. The Morgan fingerprint density at radius 1 is 0.795 bits per heavy atom. The van der Waals surface area contributed by atoms with E-state index in [1.807, 2.05) is 0 Å². The van der Waals surface area contributed by atoms with Crippen LogP contribution in [0.1, 0.15) is 6.42 Å². The highest BCUT2D eigenvalue weighted by molar-refractivity contribution is 5.88. The summed E-state index contributed by atoms with van der Waals surface area (Å²) in [6, 6.07) is 3.57. The van der Waals surface area contributed by atoms with Crippen LogP contribution in [-0.2, 0) is 14.2 Å². The Bertz CT molecular complexity index is 1550. The van der Waals surface area contributed by atoms with Gasteiger partial charge in [-0.25, -0.2) is 0 Å². The molecule has 2 fully saturated rings. The standard InChI is InChI=1S/C27H30O17/c28-6-10-5-14(34)19(36)26(40-10)43-24-16(7-29)42-27(22(39)21(24)38)44-25-20(37)17-11(31)3-9(30)4-15(17)41-23(25)8-1-12(32)18(35)13(33)2-8/h1-4,10,14,16,19,21-22,24,26-36,38-39H,5-7H2/t10-,14-,16+,19+,21+,22+,24?,26-,27-/m0/s1. The fourth-order valence-corrected chi connectivity index (χ4v) is 5.04. The second-order valence-corrected chi connectivity index (χ2v) is 10.3. The normalized spacial score (nSPS) is 30.8. The number of ether oxygens (including phenoxy) is 4. The van der Waals surface area contributed by atoms with Gasteiger partial charge in [0.05, 0.1) is 25.4 Å². The van der Waals surface area contributed by atoms with Crippen LogP contribution in [0.15, 0.2) is 33.5 Å². The number of benzene rings is 2. The van der Waals surface area contributed by atoms with Crippen LogP contribution in [0.4, 0.5) is 0 Å². The Balaban J connectivity index is 1.52. The maximum Gasteiger partial charge on any atom is 0.239 e. The Labute approximate surface area is 246 Å². The minimum atomic E-state index is -2.04. The number of phenolic OH excluding ortho intramolecular Hbond substituents is 5. The van der Waals surface area contributed by atoms with Gasteiger partial charge in [0, 0.05) is 24.1 Å². The van der Waals surface area contributed by atoms with E-state index >= 15 is 0 Å². The lowest BCUT2D eigenvalue weighted by Crippen LogP contribution is -2.63. The van der Waals surface area contributed by atoms with Crippen molar-refractivity contribution in [3.05, 3.63) is 34.5 Å². The Kier molecular flexibility index (Phi) is 8.76. The third kappa shape index (κ3) is 5.68. The third-order valence-corrected chi connectivity index (χ3v) is 7.30. The van der Waals surface area contributed by atoms with Gasteiger partial charge in [-0.1, -0.05) is 0 Å². The molecule has 3 heterocycles. The first-order chi connectivity index (χ1) is 20.8. The van der Waals surface area contributed by atoms with Crippen LogP contribution < -0.4 is 10.2 Å². The lowest BCUT2D eigenvalue weighted by atomic mass is 9.98. The monoisotopic (exact) mass is 626 g/mol. The van der Waals surface area contributed by atoms with Gasteiger partial charge in [-0.3, -0.25) is 4.79 Å². The first-order valence-corrected chi connectivity index (χ1v) is 13.2. The highest BCUT2D eigenvalue weighted by atomic mass is 16.7. The molecule has 0 spiro atoms. The van der Waals surface area contributed by atoms with Gasteiger partial charge >= 0.3 is 0 Å². The molecular formula is C27H30O17. The number of aromatic hydroxyl groups is 5. The number of phenols is 5. The lowest BCUT2D eigenvalue weighted by molar-refractivity contribution is -0.341. The summed E-state index contributed by atoms with van der Waals surface area (Å²) in [6.07, 6.45) is -14.7. The maximum atomic E-state index is 13.6. The molecule has 5 rings (SSSR count). The number of aliphatic hydroxyl groups is 6. The maximum absolute atomic E-state index is 13.6. The SMILES string of the molecule is O=c1c(O[C@@H]2O[C@H](CO)C(O[C@@H]3O[C@H](CO)C[C@H](O)[C@H]3O)[C@H](O)[C@H]2O)c(-c2cc(O)c(O)c(O)c2)oc2cc(O)cc(O)c12. The number of hydrogen-bond acceptors (Lipinski definition) is 17. The Hall–Kier alpha value is -3.91. The Morgan fingerprint density at radius 3 is 2.11 bits per heavy atom. The van der Waals surface area contributed by atoms with E-state index in [9.17, 15) is 61.0 Å². The first kappa shape index (κ1) is 31.5. The molecule has 1 unspecified atom stereocenters. The van der Waals surface area contributed by atoms with E-state index < -0.39 is 120 Å². The molecule has 2 aromatic carbocycles. The van der Waals surface area contributed by atoms with E-state index in [1.54, 1.807) is 0 Å². The number of aliphatic hydroxyl groups excluding tert-OH is 6. The molecule has 3 aromatic rings. The van der Waals surface area contributed by atoms with Gasteiger partial charge in [0.2, 0.25) is 17.5 Å². The van der Waals surface area contributed by atoms with Gasteiger partial charge in [0.1, 0.15) is 53.0 Å². The van der Waals surface area contributed by atoms with Crippen LogP contribution in [0.2, 0.25) is 0 Å². The van der Waals surface area contributed by atoms with Crippen LogP contribution in [0.5, 0.6) is 34.5 Å². The van der Waals surface area contributed by atoms with E-state index in [0.717, 1.165) is 24.3 Å². The molecule has 17 nitrogen and oxygen atoms in total. The zero-order valence-corrected chi connectivity index (χ0v) is 22.5. The second kappa shape index (κ2) is 12.2. The van der Waals surface area contributed by atoms with Crippen molar-refractivity contribution in [2.45, 2.75) is 61.7 Å². The summed E-state index contributed by atoms with van der Waals surface area (Å²) in [5.74, 6) is -5.14. The van der Waals surface area contributed by atoms with Crippen LogP contribution in [0, 0.1) is 0 Å². The highest BCUT2D eigenvalue weighted by Crippen LogP contribution is 2.43. The molecule has 9 atom stereocenters. The number of rotatable bonds is 7. The molecule has 1 aromatic heterocycles. The molecule has 0 saturated carbocycles. The van der Waals surface area contributed by atoms with Crippen LogP contribution >= 0.6 is 0 Å². The van der Waals surface area contributed by atoms with Crippen molar-refractivity contribution in [3.63, 3.8) is 0 Å². The van der Waals surface area contributed by atoms with Gasteiger partial charge in [-0.15, -0.1) is 0 Å². The van der Waals surface area contributed by atoms with Crippen molar-refractivity contribution in [2.75, 3.05) is 13.2 Å². The fraction of sp³-hybridized carbons (Fsp3) is 0.444. The summed E-state index contributed by atoms with van der Waals surface area (Å²) >= 11 is 0. The summed E-state index contributed by atoms with van der Waals surface area (Å²) in [5, 5.41) is 111. The summed E-state index contributed by atoms with van der Waals surface area (Å²) < 4.78 is 27.9. The average Bonchev–Trinajstić information content (AvgIpc) is 2.97. The summed E-state index contributed by atoms with van der Waals surface area (Å²) in [4.78, 5) is 13.6. The number of hydrogen-bond donors (Lipinski definition) is 11. The van der Waals surface area contributed by atoms with Crippen LogP contribution in [0.3, 0.4) is 0 Å². The lowest BCUT2D eigenvalue weighted by Gasteiger charge is -2.44. The third-order valence-electron chi connectivity index (χ3n) is 7.30. The topological polar surface area (TPSA) is 290 Å². The Morgan fingerprint density at radius 2 is 1.48 bits per heavy atom. The molecule has 240 valence electrons. The van der Waals surface area contributed by atoms with Gasteiger partial charge in [0.25, 0.3) is 0 Å². The molecule has 0 aliphatic carbocycles. The van der Waals surface area contributed by atoms with Crippen molar-refractivity contribution in [1.82, 2.24) is 0 Å². The molecule has 2 aliphatic rings. The van der Waals surface area contributed by atoms with E-state index in [4.69, 9.17) is 23.4 Å². The van der Waals surface area contributed by atoms with Gasteiger partial charge in [-0.05, 0) is 12.1 Å². The molecule has 17 heteroatoms. The predicted octanol–water partition coefficient (Wildman–Crippen LogP) is -1.98. The van der Waals surface area contributed by atoms with Crippen molar-refractivity contribution in [3.8, 4) is 45.8 Å². The van der Waals surface area contributed by atoms with Crippen molar-refractivity contribution < 1.29 is 79.5 Å². The highest BCUT2D eigenvalue weighted by Gasteiger charge is 2.50. The van der Waals surface area contributed by atoms with Crippen molar-refractivity contribution in [2.24, 2.45) is 0 Å². The molecule has 0 amide bonds. The van der Waals surface area contributed by atoms with E-state index in [2.05, 4.69) is 0 Å². The van der Waals surface area contributed by atoms with Crippen molar-refractivity contribution >= 4 is 11.0 Å². The second-order valence-electron chi connectivity index (χ2n) is 10.3. The molecular weight excluding hydrogens is 596 g/mol. The largest absolute Gasteiger partial charge is 0.508 e. The molecule has 0 radical (unpaired) electrons. The molecule has 0 bridgehead atoms. The predicted molar refractivity (Wildman–Crippen MR) is 142 cm³/mol. The summed E-state index contributed by atoms with van der Waals surface area (Å²) in [6.45, 7) is -1.40. The molecule has 11 N–H and O–H groups in total. The molecule has 44 heavy (non-hydrogen) atoms. The minimum Gasteiger partial charge on any atom is -0.508 e.